The highest BCUT2D eigenvalue weighted by Gasteiger charge is 2.27. The van der Waals surface area contributed by atoms with Crippen LogP contribution in [0, 0.1) is 0 Å². The Kier molecular flexibility index (Phi) is 4.79. The molecule has 0 unspecified atom stereocenters. The molecule has 108 valence electrons. The molecule has 4 nitrogen and oxygen atoms in total. The molecular formula is C16H22N2O2. The number of rotatable bonds is 4. The topological polar surface area (TPSA) is 50.4 Å². The average molecular weight is 274 g/mol. The van der Waals surface area contributed by atoms with E-state index in [1.165, 1.54) is 0 Å². The summed E-state index contributed by atoms with van der Waals surface area (Å²) in [6, 6.07) is 7.61. The predicted octanol–water partition coefficient (Wildman–Crippen LogP) is 1.97. The molecule has 20 heavy (non-hydrogen) atoms. The number of piperidine rings is 1. The van der Waals surface area contributed by atoms with E-state index in [1.54, 1.807) is 13.2 Å². The molecular weight excluding hydrogens is 252 g/mol. The molecule has 0 saturated carbocycles. The molecule has 1 aromatic rings. The largest absolute Gasteiger partial charge is 0.497 e. The Morgan fingerprint density at radius 1 is 1.30 bits per heavy atom. The van der Waals surface area contributed by atoms with Gasteiger partial charge < -0.3 is 15.4 Å². The van der Waals surface area contributed by atoms with Crippen LogP contribution in [0.15, 0.2) is 30.3 Å². The lowest BCUT2D eigenvalue weighted by atomic mass is 9.90. The Labute approximate surface area is 120 Å². The van der Waals surface area contributed by atoms with Crippen molar-refractivity contribution in [2.24, 2.45) is 0 Å². The number of benzene rings is 1. The van der Waals surface area contributed by atoms with Crippen molar-refractivity contribution >= 4 is 12.0 Å². The Morgan fingerprint density at radius 2 is 1.95 bits per heavy atom. The van der Waals surface area contributed by atoms with E-state index in [0.29, 0.717) is 0 Å². The van der Waals surface area contributed by atoms with Crippen LogP contribution in [0.5, 0.6) is 5.75 Å². The Morgan fingerprint density at radius 3 is 2.55 bits per heavy atom. The maximum absolute atomic E-state index is 12.0. The van der Waals surface area contributed by atoms with Crippen LogP contribution in [0.25, 0.3) is 6.08 Å². The van der Waals surface area contributed by atoms with Gasteiger partial charge in [-0.05, 0) is 56.6 Å². The second-order valence-corrected chi connectivity index (χ2v) is 5.41. The third-order valence-electron chi connectivity index (χ3n) is 3.68. The molecule has 2 N–H and O–H groups in total. The molecule has 1 aliphatic heterocycles. The first-order valence-corrected chi connectivity index (χ1v) is 6.96. The minimum Gasteiger partial charge on any atom is -0.497 e. The molecule has 0 spiro atoms. The normalized spacial score (nSPS) is 17.9. The Bertz CT molecular complexity index is 474. The smallest absolute Gasteiger partial charge is 0.244 e. The van der Waals surface area contributed by atoms with Crippen molar-refractivity contribution < 1.29 is 9.53 Å². The Balaban J connectivity index is 1.91. The van der Waals surface area contributed by atoms with Crippen LogP contribution in [0.4, 0.5) is 0 Å². The highest BCUT2D eigenvalue weighted by molar-refractivity contribution is 5.92. The number of hydrogen-bond donors (Lipinski definition) is 2. The molecule has 4 heteroatoms. The van der Waals surface area contributed by atoms with Gasteiger partial charge in [0.25, 0.3) is 0 Å². The second kappa shape index (κ2) is 6.57. The van der Waals surface area contributed by atoms with Crippen LogP contribution in [0.3, 0.4) is 0 Å². The van der Waals surface area contributed by atoms with E-state index in [2.05, 4.69) is 17.6 Å². The molecule has 0 aromatic heterocycles. The fourth-order valence-corrected chi connectivity index (χ4v) is 2.33. The summed E-state index contributed by atoms with van der Waals surface area (Å²) in [6.45, 7) is 4.02. The monoisotopic (exact) mass is 274 g/mol. The van der Waals surface area contributed by atoms with E-state index in [0.717, 1.165) is 37.2 Å². The fraction of sp³-hybridized carbons (Fsp3) is 0.438. The van der Waals surface area contributed by atoms with Crippen molar-refractivity contribution in [1.29, 1.82) is 0 Å². The van der Waals surface area contributed by atoms with Gasteiger partial charge in [-0.25, -0.2) is 0 Å². The maximum Gasteiger partial charge on any atom is 0.244 e. The van der Waals surface area contributed by atoms with Crippen molar-refractivity contribution in [2.75, 3.05) is 20.2 Å². The van der Waals surface area contributed by atoms with Gasteiger partial charge in [-0.1, -0.05) is 12.1 Å². The Hall–Kier alpha value is -1.81. The molecule has 0 atom stereocenters. The summed E-state index contributed by atoms with van der Waals surface area (Å²) in [7, 11) is 1.64. The summed E-state index contributed by atoms with van der Waals surface area (Å²) in [5, 5.41) is 6.40. The molecule has 0 bridgehead atoms. The van der Waals surface area contributed by atoms with E-state index in [1.807, 2.05) is 30.3 Å². The summed E-state index contributed by atoms with van der Waals surface area (Å²) in [5.74, 6) is 0.777. The van der Waals surface area contributed by atoms with E-state index < -0.39 is 0 Å². The SMILES string of the molecule is COc1ccc(/C=C/C(=O)NC2(C)CCNCC2)cc1. The minimum atomic E-state index is -0.0907. The molecule has 2 rings (SSSR count). The van der Waals surface area contributed by atoms with Gasteiger partial charge in [0.2, 0.25) is 5.91 Å². The molecule has 1 aliphatic rings. The molecule has 1 heterocycles. The summed E-state index contributed by atoms with van der Waals surface area (Å²) in [4.78, 5) is 12.0. The summed E-state index contributed by atoms with van der Waals surface area (Å²) >= 11 is 0. The molecule has 0 aliphatic carbocycles. The number of ether oxygens (including phenoxy) is 1. The zero-order valence-corrected chi connectivity index (χ0v) is 12.1. The highest BCUT2D eigenvalue weighted by Crippen LogP contribution is 2.17. The number of carbonyl (C=O) groups is 1. The van der Waals surface area contributed by atoms with E-state index >= 15 is 0 Å². The number of nitrogens with one attached hydrogen (secondary N) is 2. The van der Waals surface area contributed by atoms with Crippen molar-refractivity contribution in [1.82, 2.24) is 10.6 Å². The summed E-state index contributed by atoms with van der Waals surface area (Å²) < 4.78 is 5.10. The highest BCUT2D eigenvalue weighted by atomic mass is 16.5. The van der Waals surface area contributed by atoms with Gasteiger partial charge in [-0.2, -0.15) is 0 Å². The molecule has 1 amide bonds. The number of carbonyl (C=O) groups excluding carboxylic acids is 1. The first kappa shape index (κ1) is 14.6. The van der Waals surface area contributed by atoms with Gasteiger partial charge in [0, 0.05) is 11.6 Å². The van der Waals surface area contributed by atoms with Crippen LogP contribution in [-0.4, -0.2) is 31.6 Å². The van der Waals surface area contributed by atoms with Gasteiger partial charge in [-0.15, -0.1) is 0 Å². The zero-order chi connectivity index (χ0) is 14.4. The number of hydrogen-bond acceptors (Lipinski definition) is 3. The van der Waals surface area contributed by atoms with Crippen LogP contribution in [0.1, 0.15) is 25.3 Å². The lowest BCUT2D eigenvalue weighted by molar-refractivity contribution is -0.118. The maximum atomic E-state index is 12.0. The molecule has 1 fully saturated rings. The van der Waals surface area contributed by atoms with E-state index in [-0.39, 0.29) is 11.4 Å². The third kappa shape index (κ3) is 4.10. The van der Waals surface area contributed by atoms with Crippen molar-refractivity contribution in [3.05, 3.63) is 35.9 Å². The minimum absolute atomic E-state index is 0.0368. The van der Waals surface area contributed by atoms with Crippen LogP contribution >= 0.6 is 0 Å². The van der Waals surface area contributed by atoms with E-state index in [9.17, 15) is 4.79 Å². The number of amides is 1. The zero-order valence-electron chi connectivity index (χ0n) is 12.1. The average Bonchev–Trinajstić information content (AvgIpc) is 2.46. The van der Waals surface area contributed by atoms with Gasteiger partial charge in [0.1, 0.15) is 5.75 Å². The lowest BCUT2D eigenvalue weighted by Crippen LogP contribution is -2.51. The van der Waals surface area contributed by atoms with Crippen molar-refractivity contribution in [3.8, 4) is 5.75 Å². The van der Waals surface area contributed by atoms with Gasteiger partial charge in [0.05, 0.1) is 7.11 Å². The summed E-state index contributed by atoms with van der Waals surface area (Å²) in [6.07, 6.45) is 5.35. The van der Waals surface area contributed by atoms with Crippen LogP contribution in [0.2, 0.25) is 0 Å². The third-order valence-corrected chi connectivity index (χ3v) is 3.68. The first-order chi connectivity index (χ1) is 9.61. The quantitative estimate of drug-likeness (QED) is 0.825. The van der Waals surface area contributed by atoms with Crippen LogP contribution < -0.4 is 15.4 Å². The van der Waals surface area contributed by atoms with Gasteiger partial charge in [0.15, 0.2) is 0 Å². The predicted molar refractivity (Wildman–Crippen MR) is 80.7 cm³/mol. The second-order valence-electron chi connectivity index (χ2n) is 5.41. The first-order valence-electron chi connectivity index (χ1n) is 6.96. The van der Waals surface area contributed by atoms with Gasteiger partial charge in [-0.3, -0.25) is 4.79 Å². The lowest BCUT2D eigenvalue weighted by Gasteiger charge is -2.34. The van der Waals surface area contributed by atoms with Gasteiger partial charge >= 0.3 is 0 Å². The number of methoxy groups -OCH3 is 1. The molecule has 1 aromatic carbocycles. The fourth-order valence-electron chi connectivity index (χ4n) is 2.33. The van der Waals surface area contributed by atoms with Crippen molar-refractivity contribution in [3.63, 3.8) is 0 Å². The molecule has 1 saturated heterocycles. The van der Waals surface area contributed by atoms with Crippen molar-refractivity contribution in [2.45, 2.75) is 25.3 Å². The van der Waals surface area contributed by atoms with E-state index in [4.69, 9.17) is 4.74 Å². The standard InChI is InChI=1S/C16H22N2O2/c1-16(9-11-17-12-10-16)18-15(19)8-5-13-3-6-14(20-2)7-4-13/h3-8,17H,9-12H2,1-2H3,(H,18,19)/b8-5+. The van der Waals surface area contributed by atoms with Crippen LogP contribution in [-0.2, 0) is 4.79 Å². The summed E-state index contributed by atoms with van der Waals surface area (Å²) in [5.41, 5.74) is 0.892. The molecule has 0 radical (unpaired) electrons.